The quantitative estimate of drug-likeness (QED) is 0.809. The number of sulfone groups is 1. The Morgan fingerprint density at radius 3 is 2.37 bits per heavy atom. The summed E-state index contributed by atoms with van der Waals surface area (Å²) in [6.45, 7) is 0.590. The van der Waals surface area contributed by atoms with Crippen molar-refractivity contribution in [3.8, 4) is 11.3 Å². The molecular formula is C20H25N3O3S. The molecule has 6 nitrogen and oxygen atoms in total. The van der Waals surface area contributed by atoms with Gasteiger partial charge in [0.15, 0.2) is 9.84 Å². The molecule has 0 bridgehead atoms. The van der Waals surface area contributed by atoms with Gasteiger partial charge in [-0.15, -0.1) is 0 Å². The first-order chi connectivity index (χ1) is 13.0. The number of hydrogen-bond acceptors (Lipinski definition) is 4. The Balaban J connectivity index is 1.44. The normalized spacial score (nSPS) is 19.1. The molecule has 27 heavy (non-hydrogen) atoms. The summed E-state index contributed by atoms with van der Waals surface area (Å²) in [6, 6.07) is 11.5. The van der Waals surface area contributed by atoms with Gasteiger partial charge in [-0.2, -0.15) is 5.10 Å². The predicted octanol–water partition coefficient (Wildman–Crippen LogP) is 2.66. The van der Waals surface area contributed by atoms with Gasteiger partial charge < -0.3 is 4.90 Å². The molecule has 1 aliphatic heterocycles. The molecule has 2 aromatic rings. The van der Waals surface area contributed by atoms with Gasteiger partial charge in [0.25, 0.3) is 5.91 Å². The molecule has 1 amide bonds. The molecule has 2 fully saturated rings. The molecule has 0 atom stereocenters. The van der Waals surface area contributed by atoms with Crippen LogP contribution in [0.1, 0.15) is 42.6 Å². The molecule has 0 N–H and O–H groups in total. The van der Waals surface area contributed by atoms with Crippen molar-refractivity contribution in [1.29, 1.82) is 0 Å². The van der Waals surface area contributed by atoms with E-state index < -0.39 is 15.1 Å². The highest BCUT2D eigenvalue weighted by Gasteiger charge is 2.44. The van der Waals surface area contributed by atoms with Crippen LogP contribution in [-0.4, -0.2) is 52.6 Å². The van der Waals surface area contributed by atoms with E-state index in [-0.39, 0.29) is 11.2 Å². The molecule has 1 aromatic heterocycles. The Morgan fingerprint density at radius 1 is 1.04 bits per heavy atom. The first kappa shape index (κ1) is 18.2. The lowest BCUT2D eigenvalue weighted by Gasteiger charge is -2.40. The zero-order chi connectivity index (χ0) is 19.0. The summed E-state index contributed by atoms with van der Waals surface area (Å²) in [5.74, 6) is -0.151. The molecule has 1 aliphatic carbocycles. The van der Waals surface area contributed by atoms with Crippen LogP contribution in [0, 0.1) is 0 Å². The second-order valence-corrected chi connectivity index (χ2v) is 10.1. The average molecular weight is 388 g/mol. The molecular weight excluding hydrogens is 362 g/mol. The van der Waals surface area contributed by atoms with E-state index in [1.165, 1.54) is 0 Å². The highest BCUT2D eigenvalue weighted by Crippen LogP contribution is 2.30. The van der Waals surface area contributed by atoms with Crippen molar-refractivity contribution in [3.63, 3.8) is 0 Å². The van der Waals surface area contributed by atoms with Gasteiger partial charge in [0.1, 0.15) is 5.69 Å². The molecule has 1 saturated carbocycles. The molecule has 2 aliphatic rings. The van der Waals surface area contributed by atoms with Gasteiger partial charge in [0.05, 0.1) is 16.2 Å². The van der Waals surface area contributed by atoms with Crippen LogP contribution in [0.5, 0.6) is 0 Å². The Bertz CT molecular complexity index is 925. The van der Waals surface area contributed by atoms with Gasteiger partial charge in [-0.05, 0) is 18.9 Å². The van der Waals surface area contributed by atoms with Crippen molar-refractivity contribution >= 4 is 15.7 Å². The lowest BCUT2D eigenvalue weighted by Crippen LogP contribution is -2.59. The number of aryl methyl sites for hydroxylation is 1. The van der Waals surface area contributed by atoms with Gasteiger partial charge in [0.2, 0.25) is 0 Å². The molecule has 0 unspecified atom stereocenters. The van der Waals surface area contributed by atoms with E-state index in [2.05, 4.69) is 5.10 Å². The highest BCUT2D eigenvalue weighted by atomic mass is 32.2. The first-order valence-electron chi connectivity index (χ1n) is 9.58. The van der Waals surface area contributed by atoms with Crippen molar-refractivity contribution in [2.45, 2.75) is 42.6 Å². The Kier molecular flexibility index (Phi) is 4.80. The van der Waals surface area contributed by atoms with Crippen LogP contribution in [0.3, 0.4) is 0 Å². The molecule has 0 radical (unpaired) electrons. The summed E-state index contributed by atoms with van der Waals surface area (Å²) in [5.41, 5.74) is 2.18. The number of benzene rings is 1. The minimum atomic E-state index is -3.14. The van der Waals surface area contributed by atoms with Gasteiger partial charge in [-0.3, -0.25) is 9.48 Å². The maximum absolute atomic E-state index is 12.8. The zero-order valence-corrected chi connectivity index (χ0v) is 16.4. The van der Waals surface area contributed by atoms with Crippen molar-refractivity contribution in [2.75, 3.05) is 13.1 Å². The van der Waals surface area contributed by atoms with Crippen LogP contribution in [0.15, 0.2) is 36.4 Å². The number of hydrogen-bond donors (Lipinski definition) is 0. The molecule has 1 saturated heterocycles. The summed E-state index contributed by atoms with van der Waals surface area (Å²) in [6.07, 6.45) is 4.67. The second-order valence-electron chi connectivity index (χ2n) is 7.59. The average Bonchev–Trinajstić information content (AvgIpc) is 3.03. The number of likely N-dealkylation sites (tertiary alicyclic amines) is 1. The second kappa shape index (κ2) is 7.11. The Morgan fingerprint density at radius 2 is 1.70 bits per heavy atom. The van der Waals surface area contributed by atoms with Crippen molar-refractivity contribution < 1.29 is 13.2 Å². The maximum Gasteiger partial charge on any atom is 0.272 e. The van der Waals surface area contributed by atoms with Gasteiger partial charge >= 0.3 is 0 Å². The number of aromatic nitrogens is 2. The number of rotatable bonds is 4. The fraction of sp³-hybridized carbons (Fsp3) is 0.500. The number of carbonyl (C=O) groups is 1. The van der Waals surface area contributed by atoms with Crippen molar-refractivity contribution in [3.05, 3.63) is 42.1 Å². The van der Waals surface area contributed by atoms with Crippen LogP contribution in [0.25, 0.3) is 11.3 Å². The van der Waals surface area contributed by atoms with Crippen LogP contribution in [0.2, 0.25) is 0 Å². The lowest BCUT2D eigenvalue weighted by molar-refractivity contribution is 0.0646. The van der Waals surface area contributed by atoms with Crippen LogP contribution in [0.4, 0.5) is 0 Å². The fourth-order valence-electron chi connectivity index (χ4n) is 4.06. The Labute approximate surface area is 160 Å². The minimum Gasteiger partial charge on any atom is -0.335 e. The highest BCUT2D eigenvalue weighted by molar-refractivity contribution is 7.92. The van der Waals surface area contributed by atoms with E-state index >= 15 is 0 Å². The number of nitrogens with zero attached hydrogens (tertiary/aromatic N) is 3. The molecule has 0 spiro atoms. The summed E-state index contributed by atoms with van der Waals surface area (Å²) >= 11 is 0. The Hall–Kier alpha value is -2.15. The predicted molar refractivity (Wildman–Crippen MR) is 104 cm³/mol. The van der Waals surface area contributed by atoms with Crippen LogP contribution in [-0.2, 0) is 16.9 Å². The SMILES string of the molecule is Cn1nc(-c2ccccc2)cc1C(=O)N1CC(S(=O)(=O)C2CCCCC2)C1. The molecule has 1 aromatic carbocycles. The first-order valence-corrected chi connectivity index (χ1v) is 11.2. The van der Waals surface area contributed by atoms with Gasteiger partial charge in [0, 0.05) is 25.7 Å². The van der Waals surface area contributed by atoms with E-state index in [1.807, 2.05) is 30.3 Å². The molecule has 4 rings (SSSR count). The van der Waals surface area contributed by atoms with Crippen LogP contribution >= 0.6 is 0 Å². The number of carbonyl (C=O) groups excluding carboxylic acids is 1. The monoisotopic (exact) mass is 387 g/mol. The summed E-state index contributed by atoms with van der Waals surface area (Å²) in [5, 5.41) is 3.81. The third-order valence-electron chi connectivity index (χ3n) is 5.79. The largest absolute Gasteiger partial charge is 0.335 e. The molecule has 2 heterocycles. The van der Waals surface area contributed by atoms with E-state index in [0.717, 1.165) is 43.4 Å². The standard InChI is InChI=1S/C20H25N3O3S/c1-22-19(12-18(21-22)15-8-4-2-5-9-15)20(24)23-13-17(14-23)27(25,26)16-10-6-3-7-11-16/h2,4-5,8-9,12,16-17H,3,6-7,10-11,13-14H2,1H3. The van der Waals surface area contributed by atoms with Crippen molar-refractivity contribution in [1.82, 2.24) is 14.7 Å². The number of amides is 1. The third kappa shape index (κ3) is 3.40. The summed E-state index contributed by atoms with van der Waals surface area (Å²) < 4.78 is 27.1. The van der Waals surface area contributed by atoms with E-state index in [1.54, 1.807) is 22.7 Å². The van der Waals surface area contributed by atoms with Crippen molar-refractivity contribution in [2.24, 2.45) is 7.05 Å². The van der Waals surface area contributed by atoms with E-state index in [9.17, 15) is 13.2 Å². The molecule has 144 valence electrons. The van der Waals surface area contributed by atoms with Gasteiger partial charge in [-0.25, -0.2) is 8.42 Å². The van der Waals surface area contributed by atoms with Crippen LogP contribution < -0.4 is 0 Å². The maximum atomic E-state index is 12.8. The topological polar surface area (TPSA) is 72.3 Å². The summed E-state index contributed by atoms with van der Waals surface area (Å²) in [7, 11) is -1.39. The van der Waals surface area contributed by atoms with E-state index in [4.69, 9.17) is 0 Å². The minimum absolute atomic E-state index is 0.151. The molecule has 7 heteroatoms. The zero-order valence-electron chi connectivity index (χ0n) is 15.5. The van der Waals surface area contributed by atoms with Gasteiger partial charge in [-0.1, -0.05) is 49.6 Å². The fourth-order valence-corrected chi connectivity index (χ4v) is 6.37. The summed E-state index contributed by atoms with van der Waals surface area (Å²) in [4.78, 5) is 14.4. The third-order valence-corrected chi connectivity index (χ3v) is 8.41. The van der Waals surface area contributed by atoms with E-state index in [0.29, 0.717) is 18.8 Å². The lowest BCUT2D eigenvalue weighted by atomic mass is 10.0. The smallest absolute Gasteiger partial charge is 0.272 e.